The molecule has 1 heterocycles. The highest BCUT2D eigenvalue weighted by molar-refractivity contribution is 5.86. The molecule has 0 bridgehead atoms. The van der Waals surface area contributed by atoms with Crippen LogP contribution in [0.2, 0.25) is 0 Å². The van der Waals surface area contributed by atoms with Crippen molar-refractivity contribution in [2.75, 3.05) is 13.2 Å². The van der Waals surface area contributed by atoms with Gasteiger partial charge in [0.2, 0.25) is 5.91 Å². The first-order valence-corrected chi connectivity index (χ1v) is 6.35. The molecule has 108 valence electrons. The van der Waals surface area contributed by atoms with E-state index in [4.69, 9.17) is 14.6 Å². The highest BCUT2D eigenvalue weighted by Crippen LogP contribution is 2.12. The van der Waals surface area contributed by atoms with Crippen molar-refractivity contribution in [1.29, 1.82) is 0 Å². The number of carbonyl (C=O) groups is 3. The molecule has 7 heteroatoms. The molecule has 0 aromatic carbocycles. The first-order valence-electron chi connectivity index (χ1n) is 6.35. The van der Waals surface area contributed by atoms with E-state index in [2.05, 4.69) is 5.32 Å². The Hall–Kier alpha value is -1.63. The van der Waals surface area contributed by atoms with Crippen LogP contribution in [0.1, 0.15) is 32.6 Å². The summed E-state index contributed by atoms with van der Waals surface area (Å²) in [5, 5.41) is 11.4. The predicted molar refractivity (Wildman–Crippen MR) is 64.4 cm³/mol. The fourth-order valence-electron chi connectivity index (χ4n) is 1.80. The number of carboxylic acids is 1. The molecule has 2 atom stereocenters. The van der Waals surface area contributed by atoms with Gasteiger partial charge in [-0.1, -0.05) is 0 Å². The van der Waals surface area contributed by atoms with Gasteiger partial charge < -0.3 is 19.9 Å². The second kappa shape index (κ2) is 7.73. The predicted octanol–water partition coefficient (Wildman–Crippen LogP) is 0.0781. The van der Waals surface area contributed by atoms with Crippen molar-refractivity contribution in [3.8, 4) is 0 Å². The summed E-state index contributed by atoms with van der Waals surface area (Å²) in [5.41, 5.74) is 0. The van der Waals surface area contributed by atoms with Crippen LogP contribution in [-0.2, 0) is 23.9 Å². The first kappa shape index (κ1) is 15.4. The number of nitrogens with one attached hydrogen (secondary N) is 1. The Morgan fingerprint density at radius 2 is 2.21 bits per heavy atom. The number of ether oxygens (including phenoxy) is 2. The lowest BCUT2D eigenvalue weighted by Crippen LogP contribution is -2.45. The van der Waals surface area contributed by atoms with Crippen LogP contribution in [0.4, 0.5) is 0 Å². The van der Waals surface area contributed by atoms with Crippen molar-refractivity contribution in [1.82, 2.24) is 5.32 Å². The van der Waals surface area contributed by atoms with Crippen LogP contribution in [0.25, 0.3) is 0 Å². The Labute approximate surface area is 111 Å². The lowest BCUT2D eigenvalue weighted by Gasteiger charge is -2.16. The van der Waals surface area contributed by atoms with Crippen LogP contribution in [0.15, 0.2) is 0 Å². The minimum Gasteiger partial charge on any atom is -0.480 e. The van der Waals surface area contributed by atoms with Crippen molar-refractivity contribution in [3.05, 3.63) is 0 Å². The standard InChI is InChI=1S/C12H19NO6/c1-2-18-10(14)6-5-8(12(16)17)13-11(15)9-4-3-7-19-9/h8-9H,2-7H2,1H3,(H,13,15)(H,16,17)/t8-,9?/m0/s1. The molecule has 2 N–H and O–H groups in total. The molecule has 1 rings (SSSR count). The molecule has 1 amide bonds. The van der Waals surface area contributed by atoms with E-state index in [1.807, 2.05) is 0 Å². The molecule has 0 aliphatic carbocycles. The Balaban J connectivity index is 2.41. The number of rotatable bonds is 7. The lowest BCUT2D eigenvalue weighted by atomic mass is 10.1. The van der Waals surface area contributed by atoms with E-state index in [0.29, 0.717) is 13.0 Å². The highest BCUT2D eigenvalue weighted by atomic mass is 16.5. The van der Waals surface area contributed by atoms with Gasteiger partial charge in [0.15, 0.2) is 0 Å². The molecule has 1 fully saturated rings. The fraction of sp³-hybridized carbons (Fsp3) is 0.750. The maximum absolute atomic E-state index is 11.7. The quantitative estimate of drug-likeness (QED) is 0.637. The smallest absolute Gasteiger partial charge is 0.326 e. The maximum Gasteiger partial charge on any atom is 0.326 e. The van der Waals surface area contributed by atoms with Crippen LogP contribution in [0, 0.1) is 0 Å². The van der Waals surface area contributed by atoms with Crippen molar-refractivity contribution in [3.63, 3.8) is 0 Å². The molecule has 1 aliphatic heterocycles. The van der Waals surface area contributed by atoms with E-state index in [1.54, 1.807) is 6.92 Å². The van der Waals surface area contributed by atoms with Crippen molar-refractivity contribution in [2.45, 2.75) is 44.8 Å². The zero-order valence-electron chi connectivity index (χ0n) is 10.9. The number of hydrogen-bond donors (Lipinski definition) is 2. The monoisotopic (exact) mass is 273 g/mol. The van der Waals surface area contributed by atoms with Gasteiger partial charge in [-0.05, 0) is 26.2 Å². The third-order valence-electron chi connectivity index (χ3n) is 2.78. The van der Waals surface area contributed by atoms with Gasteiger partial charge in [-0.3, -0.25) is 9.59 Å². The molecule has 0 aromatic heterocycles. The van der Waals surface area contributed by atoms with E-state index < -0.39 is 30.0 Å². The molecule has 0 saturated carbocycles. The van der Waals surface area contributed by atoms with Gasteiger partial charge >= 0.3 is 11.9 Å². The Morgan fingerprint density at radius 1 is 1.47 bits per heavy atom. The molecular weight excluding hydrogens is 254 g/mol. The molecule has 0 radical (unpaired) electrons. The second-order valence-electron chi connectivity index (χ2n) is 4.24. The molecular formula is C12H19NO6. The summed E-state index contributed by atoms with van der Waals surface area (Å²) in [4.78, 5) is 33.9. The average Bonchev–Trinajstić information content (AvgIpc) is 2.88. The summed E-state index contributed by atoms with van der Waals surface area (Å²) in [6.45, 7) is 2.43. The van der Waals surface area contributed by atoms with Gasteiger partial charge in [0.05, 0.1) is 6.61 Å². The zero-order valence-corrected chi connectivity index (χ0v) is 10.9. The Kier molecular flexibility index (Phi) is 6.27. The molecule has 0 aromatic rings. The molecule has 1 unspecified atom stereocenters. The minimum atomic E-state index is -1.17. The van der Waals surface area contributed by atoms with Crippen LogP contribution in [0.5, 0.6) is 0 Å². The number of carboxylic acid groups (broad SMARTS) is 1. The van der Waals surface area contributed by atoms with Crippen molar-refractivity contribution >= 4 is 17.8 Å². The summed E-state index contributed by atoms with van der Waals surface area (Å²) in [7, 11) is 0. The van der Waals surface area contributed by atoms with Gasteiger partial charge in [0.25, 0.3) is 0 Å². The number of carbonyl (C=O) groups excluding carboxylic acids is 2. The maximum atomic E-state index is 11.7. The van der Waals surface area contributed by atoms with E-state index in [-0.39, 0.29) is 19.4 Å². The van der Waals surface area contributed by atoms with Crippen LogP contribution in [0.3, 0.4) is 0 Å². The summed E-state index contributed by atoms with van der Waals surface area (Å²) in [6, 6.07) is -1.10. The van der Waals surface area contributed by atoms with E-state index in [0.717, 1.165) is 6.42 Å². The van der Waals surface area contributed by atoms with Gasteiger partial charge in [0.1, 0.15) is 12.1 Å². The van der Waals surface area contributed by atoms with Crippen molar-refractivity contribution < 1.29 is 29.0 Å². The van der Waals surface area contributed by atoms with Gasteiger partial charge in [-0.2, -0.15) is 0 Å². The normalized spacial score (nSPS) is 19.7. The summed E-state index contributed by atoms with van der Waals surface area (Å²) >= 11 is 0. The second-order valence-corrected chi connectivity index (χ2v) is 4.24. The SMILES string of the molecule is CCOC(=O)CC[C@H](NC(=O)C1CCCO1)C(=O)O. The number of hydrogen-bond acceptors (Lipinski definition) is 5. The third kappa shape index (κ3) is 5.25. The largest absolute Gasteiger partial charge is 0.480 e. The lowest BCUT2D eigenvalue weighted by molar-refractivity contribution is -0.146. The van der Waals surface area contributed by atoms with Crippen LogP contribution >= 0.6 is 0 Å². The van der Waals surface area contributed by atoms with E-state index in [1.165, 1.54) is 0 Å². The summed E-state index contributed by atoms with van der Waals surface area (Å²) < 4.78 is 9.87. The number of esters is 1. The third-order valence-corrected chi connectivity index (χ3v) is 2.78. The Bertz CT molecular complexity index is 337. The van der Waals surface area contributed by atoms with Crippen LogP contribution in [-0.4, -0.2) is 48.3 Å². The molecule has 19 heavy (non-hydrogen) atoms. The van der Waals surface area contributed by atoms with Gasteiger partial charge in [0, 0.05) is 13.0 Å². The van der Waals surface area contributed by atoms with Gasteiger partial charge in [-0.15, -0.1) is 0 Å². The summed E-state index contributed by atoms with van der Waals surface area (Å²) in [5.74, 6) is -2.08. The molecule has 1 saturated heterocycles. The van der Waals surface area contributed by atoms with Crippen molar-refractivity contribution in [2.24, 2.45) is 0 Å². The fourth-order valence-corrected chi connectivity index (χ4v) is 1.80. The van der Waals surface area contributed by atoms with Crippen LogP contribution < -0.4 is 5.32 Å². The molecule has 1 aliphatic rings. The van der Waals surface area contributed by atoms with E-state index in [9.17, 15) is 14.4 Å². The van der Waals surface area contributed by atoms with E-state index >= 15 is 0 Å². The minimum absolute atomic E-state index is 0.00657. The highest BCUT2D eigenvalue weighted by Gasteiger charge is 2.28. The topological polar surface area (TPSA) is 102 Å². The Morgan fingerprint density at radius 3 is 2.74 bits per heavy atom. The van der Waals surface area contributed by atoms with Gasteiger partial charge in [-0.25, -0.2) is 4.79 Å². The number of aliphatic carboxylic acids is 1. The summed E-state index contributed by atoms with van der Waals surface area (Å²) in [6.07, 6.45) is 0.766. The zero-order chi connectivity index (χ0) is 14.3. The molecule has 0 spiro atoms. The number of amides is 1. The average molecular weight is 273 g/mol. The first-order chi connectivity index (χ1) is 9.04. The molecule has 7 nitrogen and oxygen atoms in total.